The summed E-state index contributed by atoms with van der Waals surface area (Å²) in [4.78, 5) is 13.2. The van der Waals surface area contributed by atoms with E-state index in [9.17, 15) is 4.79 Å². The van der Waals surface area contributed by atoms with Crippen LogP contribution in [0.25, 0.3) is 6.08 Å². The van der Waals surface area contributed by atoms with E-state index >= 15 is 0 Å². The van der Waals surface area contributed by atoms with Gasteiger partial charge in [0.05, 0.1) is 12.0 Å². The van der Waals surface area contributed by atoms with E-state index in [0.717, 1.165) is 16.3 Å². The van der Waals surface area contributed by atoms with Crippen LogP contribution < -0.4 is 5.32 Å². The van der Waals surface area contributed by atoms with Crippen molar-refractivity contribution in [1.82, 2.24) is 15.1 Å². The van der Waals surface area contributed by atoms with Crippen LogP contribution in [0.1, 0.15) is 28.1 Å². The lowest BCUT2D eigenvalue weighted by atomic mass is 10.2. The molecule has 3 heterocycles. The Labute approximate surface area is 144 Å². The normalized spacial score (nSPS) is 12.6. The molecule has 1 atom stereocenters. The topological polar surface area (TPSA) is 60.1 Å². The Bertz CT molecular complexity index is 817. The van der Waals surface area contributed by atoms with Crippen molar-refractivity contribution in [2.45, 2.75) is 19.9 Å². The molecular formula is C18H19N3O2S. The fraction of sp³-hybridized carbons (Fsp3) is 0.222. The molecule has 124 valence electrons. The van der Waals surface area contributed by atoms with E-state index in [0.29, 0.717) is 12.3 Å². The second-order valence-corrected chi connectivity index (χ2v) is 6.48. The molecule has 0 spiro atoms. The number of aromatic nitrogens is 2. The van der Waals surface area contributed by atoms with Crippen LogP contribution >= 0.6 is 11.3 Å². The van der Waals surface area contributed by atoms with Crippen molar-refractivity contribution >= 4 is 23.3 Å². The van der Waals surface area contributed by atoms with E-state index in [-0.39, 0.29) is 11.9 Å². The number of nitrogens with zero attached hydrogens (tertiary/aromatic N) is 2. The molecule has 3 aromatic heterocycles. The highest BCUT2D eigenvalue weighted by Crippen LogP contribution is 2.24. The van der Waals surface area contributed by atoms with Gasteiger partial charge in [-0.25, -0.2) is 0 Å². The third-order valence-corrected chi connectivity index (χ3v) is 4.60. The Morgan fingerprint density at radius 2 is 2.29 bits per heavy atom. The maximum Gasteiger partial charge on any atom is 0.244 e. The first-order chi connectivity index (χ1) is 11.6. The Kier molecular flexibility index (Phi) is 4.96. The molecule has 1 N–H and O–H groups in total. The molecule has 0 unspecified atom stereocenters. The number of thiophene rings is 1. The third kappa shape index (κ3) is 3.83. The van der Waals surface area contributed by atoms with Crippen LogP contribution in [0, 0.1) is 13.8 Å². The minimum atomic E-state index is -0.158. The molecule has 0 fully saturated rings. The minimum Gasteiger partial charge on any atom is -0.465 e. The molecule has 5 nitrogen and oxygen atoms in total. The molecule has 3 rings (SSSR count). The maximum atomic E-state index is 12.1. The summed E-state index contributed by atoms with van der Waals surface area (Å²) in [5.41, 5.74) is 2.05. The number of aryl methyl sites for hydroxylation is 2. The lowest BCUT2D eigenvalue weighted by molar-refractivity contribution is -0.116. The van der Waals surface area contributed by atoms with Crippen LogP contribution in [0.4, 0.5) is 0 Å². The number of amides is 1. The average Bonchev–Trinajstić information content (AvgIpc) is 3.29. The first-order valence-electron chi connectivity index (χ1n) is 7.69. The standard InChI is InChI=1S/C18H19N3O2S/c1-13-11-14(2)21(20-13)16(17-6-4-10-24-17)12-19-18(22)8-7-15-5-3-9-23-15/h3-11,16H,12H2,1-2H3,(H,19,22)/b8-7+/t16-/m1/s1. The van der Waals surface area contributed by atoms with Crippen LogP contribution in [-0.2, 0) is 4.79 Å². The van der Waals surface area contributed by atoms with Crippen LogP contribution in [-0.4, -0.2) is 22.2 Å². The number of furan rings is 1. The molecule has 6 heteroatoms. The predicted octanol–water partition coefficient (Wildman–Crippen LogP) is 3.57. The van der Waals surface area contributed by atoms with Crippen LogP contribution in [0.15, 0.2) is 52.5 Å². The Hall–Kier alpha value is -2.60. The molecular weight excluding hydrogens is 322 g/mol. The van der Waals surface area contributed by atoms with E-state index < -0.39 is 0 Å². The fourth-order valence-electron chi connectivity index (χ4n) is 2.55. The number of carbonyl (C=O) groups excluding carboxylic acids is 1. The second kappa shape index (κ2) is 7.31. The van der Waals surface area contributed by atoms with Crippen molar-refractivity contribution in [3.63, 3.8) is 0 Å². The average molecular weight is 341 g/mol. The van der Waals surface area contributed by atoms with Crippen molar-refractivity contribution in [3.8, 4) is 0 Å². The van der Waals surface area contributed by atoms with E-state index in [1.165, 1.54) is 6.08 Å². The molecule has 0 aliphatic heterocycles. The van der Waals surface area contributed by atoms with Gasteiger partial charge >= 0.3 is 0 Å². The summed E-state index contributed by atoms with van der Waals surface area (Å²) in [6.45, 7) is 4.47. The molecule has 0 saturated carbocycles. The van der Waals surface area contributed by atoms with Gasteiger partial charge in [0.2, 0.25) is 5.91 Å². The SMILES string of the molecule is Cc1cc(C)n([C@H](CNC(=O)/C=C/c2ccco2)c2cccs2)n1. The zero-order chi connectivity index (χ0) is 16.9. The molecule has 1 amide bonds. The Morgan fingerprint density at radius 3 is 2.92 bits per heavy atom. The van der Waals surface area contributed by atoms with Crippen molar-refractivity contribution in [3.05, 3.63) is 70.1 Å². The van der Waals surface area contributed by atoms with Gasteiger partial charge in [0.15, 0.2) is 0 Å². The van der Waals surface area contributed by atoms with E-state index in [1.54, 1.807) is 35.8 Å². The Morgan fingerprint density at radius 1 is 1.42 bits per heavy atom. The minimum absolute atomic E-state index is 0.0142. The number of nitrogens with one attached hydrogen (secondary N) is 1. The second-order valence-electron chi connectivity index (χ2n) is 5.50. The van der Waals surface area contributed by atoms with Crippen molar-refractivity contribution < 1.29 is 9.21 Å². The number of carbonyl (C=O) groups is 1. The van der Waals surface area contributed by atoms with E-state index in [4.69, 9.17) is 4.42 Å². The highest BCUT2D eigenvalue weighted by molar-refractivity contribution is 7.10. The van der Waals surface area contributed by atoms with Gasteiger partial charge in [0.25, 0.3) is 0 Å². The van der Waals surface area contributed by atoms with Gasteiger partial charge in [-0.2, -0.15) is 5.10 Å². The molecule has 0 aliphatic rings. The smallest absolute Gasteiger partial charge is 0.244 e. The lowest BCUT2D eigenvalue weighted by Crippen LogP contribution is -2.30. The summed E-state index contributed by atoms with van der Waals surface area (Å²) < 4.78 is 7.15. The monoisotopic (exact) mass is 341 g/mol. The van der Waals surface area contributed by atoms with Crippen LogP contribution in [0.5, 0.6) is 0 Å². The zero-order valence-electron chi connectivity index (χ0n) is 13.6. The third-order valence-electron chi connectivity index (χ3n) is 3.62. The molecule has 0 saturated heterocycles. The molecule has 3 aromatic rings. The van der Waals surface area contributed by atoms with Crippen LogP contribution in [0.2, 0.25) is 0 Å². The van der Waals surface area contributed by atoms with Crippen molar-refractivity contribution in [2.24, 2.45) is 0 Å². The lowest BCUT2D eigenvalue weighted by Gasteiger charge is -2.18. The molecule has 0 aromatic carbocycles. The Balaban J connectivity index is 1.71. The highest BCUT2D eigenvalue weighted by atomic mass is 32.1. The summed E-state index contributed by atoms with van der Waals surface area (Å²) in [5.74, 6) is 0.494. The van der Waals surface area contributed by atoms with Gasteiger partial charge < -0.3 is 9.73 Å². The molecule has 0 aliphatic carbocycles. The largest absolute Gasteiger partial charge is 0.465 e. The fourth-order valence-corrected chi connectivity index (χ4v) is 3.36. The number of hydrogen-bond acceptors (Lipinski definition) is 4. The van der Waals surface area contributed by atoms with Crippen LogP contribution in [0.3, 0.4) is 0 Å². The van der Waals surface area contributed by atoms with Gasteiger partial charge in [0, 0.05) is 23.2 Å². The number of hydrogen-bond donors (Lipinski definition) is 1. The summed E-state index contributed by atoms with van der Waals surface area (Å²) in [7, 11) is 0. The van der Waals surface area contributed by atoms with Gasteiger partial charge in [-0.3, -0.25) is 9.48 Å². The summed E-state index contributed by atoms with van der Waals surface area (Å²) >= 11 is 1.66. The zero-order valence-corrected chi connectivity index (χ0v) is 14.4. The molecule has 0 radical (unpaired) electrons. The molecule has 24 heavy (non-hydrogen) atoms. The van der Waals surface area contributed by atoms with Gasteiger partial charge in [0.1, 0.15) is 11.8 Å². The summed E-state index contributed by atoms with van der Waals surface area (Å²) in [6, 6.07) is 9.69. The first kappa shape index (κ1) is 16.3. The van der Waals surface area contributed by atoms with Gasteiger partial charge in [-0.1, -0.05) is 6.07 Å². The van der Waals surface area contributed by atoms with E-state index in [2.05, 4.69) is 16.5 Å². The van der Waals surface area contributed by atoms with Crippen molar-refractivity contribution in [1.29, 1.82) is 0 Å². The van der Waals surface area contributed by atoms with Gasteiger partial charge in [-0.15, -0.1) is 11.3 Å². The molecule has 0 bridgehead atoms. The predicted molar refractivity (Wildman–Crippen MR) is 94.9 cm³/mol. The number of rotatable bonds is 6. The van der Waals surface area contributed by atoms with Crippen molar-refractivity contribution in [2.75, 3.05) is 6.54 Å². The van der Waals surface area contributed by atoms with Gasteiger partial charge in [-0.05, 0) is 49.6 Å². The summed E-state index contributed by atoms with van der Waals surface area (Å²) in [5, 5.41) is 9.55. The highest BCUT2D eigenvalue weighted by Gasteiger charge is 2.18. The summed E-state index contributed by atoms with van der Waals surface area (Å²) in [6.07, 6.45) is 4.71. The quantitative estimate of drug-likeness (QED) is 0.697. The van der Waals surface area contributed by atoms with E-state index in [1.807, 2.05) is 36.0 Å². The maximum absolute atomic E-state index is 12.1. The first-order valence-corrected chi connectivity index (χ1v) is 8.57.